The highest BCUT2D eigenvalue weighted by atomic mass is 16.3. The lowest BCUT2D eigenvalue weighted by Gasteiger charge is -3.01. The molecular weight excluding hydrogens is 420 g/mol. The number of rotatable bonds is 3. The summed E-state index contributed by atoms with van der Waals surface area (Å²) < 4.78 is 0. The first-order chi connectivity index (χ1) is 16.6. The molecule has 5 aliphatic carbocycles. The van der Waals surface area contributed by atoms with Gasteiger partial charge in [-0.05, 0) is 91.3 Å². The molecule has 0 aromatic heterocycles. The first-order valence-electron chi connectivity index (χ1n) is 13.5. The molecule has 2 aromatic rings. The van der Waals surface area contributed by atoms with Crippen molar-refractivity contribution in [3.63, 3.8) is 0 Å². The highest BCUT2D eigenvalue weighted by molar-refractivity contribution is 5.95. The van der Waals surface area contributed by atoms with Gasteiger partial charge in [0.15, 0.2) is 0 Å². The van der Waals surface area contributed by atoms with Gasteiger partial charge in [0.1, 0.15) is 5.75 Å². The van der Waals surface area contributed by atoms with Gasteiger partial charge in [-0.2, -0.15) is 0 Å². The monoisotopic (exact) mass is 452 g/mol. The average Bonchev–Trinajstić information content (AvgIpc) is 3.30. The average molecular weight is 453 g/mol. The molecular formula is C30H32N2O2. The standard InChI is InChI=1S/C30H32N2O2/c1-2-12-31-17-27-14-19-8-9-21(33)13-22(19)30(27)24-23-10-11-28(24)20(15-29(28,30)26(27)31)16-32(23)25(34)18-6-4-3-5-7-18/h3-9,13,20,23-24,26,33H,2,10-12,14-17H2,1H3/t20-,23?,24?,26?,27?,28?,29?,30?/m1/s1. The molecule has 34 heavy (non-hydrogen) atoms. The van der Waals surface area contributed by atoms with Crippen LogP contribution in [-0.4, -0.2) is 52.5 Å². The zero-order valence-electron chi connectivity index (χ0n) is 19.8. The summed E-state index contributed by atoms with van der Waals surface area (Å²) in [5.41, 5.74) is 5.12. The molecule has 7 aliphatic rings. The number of nitrogens with zero attached hydrogens (tertiary/aromatic N) is 2. The van der Waals surface area contributed by atoms with Gasteiger partial charge < -0.3 is 10.0 Å². The van der Waals surface area contributed by atoms with Gasteiger partial charge in [-0.3, -0.25) is 9.69 Å². The first-order valence-corrected chi connectivity index (χ1v) is 13.5. The maximum atomic E-state index is 13.8. The maximum absolute atomic E-state index is 13.8. The molecule has 4 saturated carbocycles. The molecule has 8 atom stereocenters. The predicted molar refractivity (Wildman–Crippen MR) is 129 cm³/mol. The zero-order chi connectivity index (χ0) is 22.7. The first kappa shape index (κ1) is 18.9. The van der Waals surface area contributed by atoms with Crippen LogP contribution >= 0.6 is 0 Å². The van der Waals surface area contributed by atoms with E-state index in [2.05, 4.69) is 28.9 Å². The summed E-state index contributed by atoms with van der Waals surface area (Å²) in [6.07, 6.45) is 6.13. The fraction of sp³-hybridized carbons (Fsp3) is 0.567. The summed E-state index contributed by atoms with van der Waals surface area (Å²) >= 11 is 0. The summed E-state index contributed by atoms with van der Waals surface area (Å²) in [4.78, 5) is 18.9. The van der Waals surface area contributed by atoms with Crippen molar-refractivity contribution in [1.29, 1.82) is 0 Å². The highest BCUT2D eigenvalue weighted by Crippen LogP contribution is 3.03. The van der Waals surface area contributed by atoms with Crippen LogP contribution in [-0.2, 0) is 11.8 Å². The third-order valence-electron chi connectivity index (χ3n) is 12.4. The molecule has 4 spiro atoms. The SMILES string of the molecule is CCCN1CC23Cc4ccc(O)cc4C24C2C5CCC26[C@@H](CN5C(=O)c2ccccc2)CC64C13. The van der Waals surface area contributed by atoms with Gasteiger partial charge in [0, 0.05) is 47.0 Å². The summed E-state index contributed by atoms with van der Waals surface area (Å²) in [7, 11) is 0. The smallest absolute Gasteiger partial charge is 0.254 e. The topological polar surface area (TPSA) is 43.8 Å². The number of hydrogen-bond donors (Lipinski definition) is 1. The second kappa shape index (κ2) is 5.41. The molecule has 0 radical (unpaired) electrons. The van der Waals surface area contributed by atoms with Crippen LogP contribution in [0.3, 0.4) is 0 Å². The third-order valence-corrected chi connectivity index (χ3v) is 12.4. The van der Waals surface area contributed by atoms with Crippen molar-refractivity contribution < 1.29 is 9.90 Å². The number of carbonyl (C=O) groups is 1. The van der Waals surface area contributed by atoms with Crippen LogP contribution in [0, 0.1) is 28.1 Å². The van der Waals surface area contributed by atoms with Gasteiger partial charge >= 0.3 is 0 Å². The number of fused-ring (bicyclic) bond motifs is 1. The number of aromatic hydroxyl groups is 1. The lowest BCUT2D eigenvalue weighted by molar-refractivity contribution is -0.509. The fourth-order valence-electron chi connectivity index (χ4n) is 12.4. The normalized spacial score (nSPS) is 47.6. The Labute approximate surface area is 200 Å². The van der Waals surface area contributed by atoms with Gasteiger partial charge in [-0.25, -0.2) is 0 Å². The molecule has 7 unspecified atom stereocenters. The molecule has 4 heteroatoms. The largest absolute Gasteiger partial charge is 0.508 e. The summed E-state index contributed by atoms with van der Waals surface area (Å²) in [6, 6.07) is 17.3. The van der Waals surface area contributed by atoms with E-state index in [9.17, 15) is 9.90 Å². The van der Waals surface area contributed by atoms with Gasteiger partial charge in [-0.1, -0.05) is 31.2 Å². The Morgan fingerprint density at radius 1 is 1.18 bits per heavy atom. The van der Waals surface area contributed by atoms with Gasteiger partial charge in [0.25, 0.3) is 5.91 Å². The maximum Gasteiger partial charge on any atom is 0.254 e. The van der Waals surface area contributed by atoms with E-state index >= 15 is 0 Å². The Bertz CT molecular complexity index is 1290. The molecule has 2 aromatic carbocycles. The van der Waals surface area contributed by atoms with Crippen molar-refractivity contribution in [3.05, 3.63) is 65.2 Å². The number of benzene rings is 2. The van der Waals surface area contributed by atoms with E-state index in [4.69, 9.17) is 0 Å². The van der Waals surface area contributed by atoms with E-state index in [1.807, 2.05) is 36.4 Å². The Balaban J connectivity index is 1.22. The van der Waals surface area contributed by atoms with Crippen molar-refractivity contribution in [2.75, 3.05) is 19.6 Å². The Hall–Kier alpha value is -2.33. The number of hydrogen-bond acceptors (Lipinski definition) is 3. The molecule has 174 valence electrons. The Morgan fingerprint density at radius 2 is 2.03 bits per heavy atom. The lowest BCUT2D eigenvalue weighted by Crippen LogP contribution is -3.06. The molecule has 9 rings (SSSR count). The second-order valence-corrected chi connectivity index (χ2v) is 12.7. The van der Waals surface area contributed by atoms with Gasteiger partial charge in [-0.15, -0.1) is 0 Å². The molecule has 2 saturated heterocycles. The number of phenolic OH excluding ortho intramolecular Hbond substituents is 1. The molecule has 1 amide bonds. The molecule has 1 N–H and O–H groups in total. The summed E-state index contributed by atoms with van der Waals surface area (Å²) in [5.74, 6) is 1.88. The van der Waals surface area contributed by atoms with Crippen LogP contribution in [0.2, 0.25) is 0 Å². The minimum atomic E-state index is 0.177. The lowest BCUT2D eigenvalue weighted by atomic mass is 9.05. The van der Waals surface area contributed by atoms with Gasteiger partial charge in [0.05, 0.1) is 0 Å². The molecule has 4 nitrogen and oxygen atoms in total. The highest BCUT2D eigenvalue weighted by Gasteiger charge is 3.05. The van der Waals surface area contributed by atoms with E-state index in [1.165, 1.54) is 49.9 Å². The van der Waals surface area contributed by atoms with E-state index in [0.717, 1.165) is 24.6 Å². The number of carbonyl (C=O) groups excluding carboxylic acids is 1. The van der Waals surface area contributed by atoms with Crippen molar-refractivity contribution in [2.24, 2.45) is 28.1 Å². The van der Waals surface area contributed by atoms with Crippen LogP contribution in [0.25, 0.3) is 0 Å². The van der Waals surface area contributed by atoms with E-state index in [-0.39, 0.29) is 11.3 Å². The van der Waals surface area contributed by atoms with Gasteiger partial charge in [0.2, 0.25) is 0 Å². The third kappa shape index (κ3) is 1.45. The quantitative estimate of drug-likeness (QED) is 0.758. The minimum absolute atomic E-state index is 0.177. The van der Waals surface area contributed by atoms with Crippen molar-refractivity contribution in [1.82, 2.24) is 9.80 Å². The van der Waals surface area contributed by atoms with Crippen LogP contribution in [0.4, 0.5) is 0 Å². The van der Waals surface area contributed by atoms with E-state index in [1.54, 1.807) is 0 Å². The van der Waals surface area contributed by atoms with Crippen LogP contribution in [0.5, 0.6) is 5.75 Å². The molecule has 2 aliphatic heterocycles. The van der Waals surface area contributed by atoms with Crippen LogP contribution in [0.1, 0.15) is 54.1 Å². The molecule has 2 heterocycles. The summed E-state index contributed by atoms with van der Waals surface area (Å²) in [6.45, 7) is 5.70. The number of amides is 1. The molecule has 6 fully saturated rings. The van der Waals surface area contributed by atoms with E-state index in [0.29, 0.717) is 39.9 Å². The van der Waals surface area contributed by atoms with Crippen LogP contribution < -0.4 is 0 Å². The number of piperidine rings is 2. The van der Waals surface area contributed by atoms with Crippen molar-refractivity contribution in [2.45, 2.75) is 56.5 Å². The number of phenols is 1. The summed E-state index contributed by atoms with van der Waals surface area (Å²) in [5, 5.41) is 10.6. The second-order valence-electron chi connectivity index (χ2n) is 12.7. The van der Waals surface area contributed by atoms with Crippen molar-refractivity contribution in [3.8, 4) is 5.75 Å². The number of likely N-dealkylation sites (tertiary alicyclic amines) is 2. The van der Waals surface area contributed by atoms with Crippen LogP contribution in [0.15, 0.2) is 48.5 Å². The fourth-order valence-corrected chi connectivity index (χ4v) is 12.4. The Morgan fingerprint density at radius 3 is 2.85 bits per heavy atom. The minimum Gasteiger partial charge on any atom is -0.508 e. The molecule has 2 bridgehead atoms. The van der Waals surface area contributed by atoms with E-state index < -0.39 is 0 Å². The zero-order valence-corrected chi connectivity index (χ0v) is 19.8. The Kier molecular flexibility index (Phi) is 3.01. The predicted octanol–water partition coefficient (Wildman–Crippen LogP) is 4.22. The van der Waals surface area contributed by atoms with Crippen molar-refractivity contribution >= 4 is 5.91 Å².